The van der Waals surface area contributed by atoms with Gasteiger partial charge in [-0.05, 0) is 77.8 Å². The van der Waals surface area contributed by atoms with E-state index in [1.807, 2.05) is 0 Å². The second kappa shape index (κ2) is 6.10. The predicted molar refractivity (Wildman–Crippen MR) is 115 cm³/mol. The summed E-state index contributed by atoms with van der Waals surface area (Å²) in [5, 5.41) is 1.27. The molecule has 1 atom stereocenters. The molecule has 3 aromatic carbocycles. The van der Waals surface area contributed by atoms with E-state index in [2.05, 4.69) is 81.7 Å². The summed E-state index contributed by atoms with van der Waals surface area (Å²) in [6.07, 6.45) is 5.22. The number of aryl methyl sites for hydroxylation is 1. The summed E-state index contributed by atoms with van der Waals surface area (Å²) >= 11 is 0. The molecule has 0 radical (unpaired) electrons. The Balaban J connectivity index is 1.31. The maximum Gasteiger partial charge on any atom is 0.0931 e. The van der Waals surface area contributed by atoms with Crippen LogP contribution in [-0.2, 0) is 12.8 Å². The lowest BCUT2D eigenvalue weighted by atomic mass is 9.79. The maximum absolute atomic E-state index is 4.34. The monoisotopic (exact) mass is 363 g/mol. The summed E-state index contributed by atoms with van der Waals surface area (Å²) in [5.74, 6) is 0.583. The first-order valence-electron chi connectivity index (χ1n) is 9.96. The summed E-state index contributed by atoms with van der Waals surface area (Å²) in [6, 6.07) is 24.4. The van der Waals surface area contributed by atoms with Crippen molar-refractivity contribution in [1.82, 2.24) is 15.0 Å². The van der Waals surface area contributed by atoms with Gasteiger partial charge in [0.05, 0.1) is 17.4 Å². The molecule has 136 valence electrons. The predicted octanol–water partition coefficient (Wildman–Crippen LogP) is 5.98. The van der Waals surface area contributed by atoms with Gasteiger partial charge in [0.25, 0.3) is 0 Å². The molecule has 28 heavy (non-hydrogen) atoms. The van der Waals surface area contributed by atoms with E-state index >= 15 is 0 Å². The molecular formula is C25H21N3. The minimum absolute atomic E-state index is 0.583. The molecule has 0 saturated carbocycles. The van der Waals surface area contributed by atoms with E-state index in [9.17, 15) is 0 Å². The van der Waals surface area contributed by atoms with Gasteiger partial charge in [0.1, 0.15) is 0 Å². The van der Waals surface area contributed by atoms with Gasteiger partial charge in [-0.2, -0.15) is 0 Å². The molecule has 6 rings (SSSR count). The number of aromatic nitrogens is 3. The van der Waals surface area contributed by atoms with Crippen molar-refractivity contribution >= 4 is 21.9 Å². The van der Waals surface area contributed by atoms with Gasteiger partial charge in [0.15, 0.2) is 0 Å². The lowest BCUT2D eigenvalue weighted by Crippen LogP contribution is -2.12. The Hall–Kier alpha value is -3.33. The minimum Gasteiger partial charge on any atom is -0.355 e. The van der Waals surface area contributed by atoms with Crippen LogP contribution in [-0.4, -0.2) is 15.0 Å². The van der Waals surface area contributed by atoms with Crippen LogP contribution in [0.3, 0.4) is 0 Å². The van der Waals surface area contributed by atoms with Crippen LogP contribution in [0.1, 0.15) is 29.0 Å². The molecule has 1 aliphatic carbocycles. The molecule has 0 spiro atoms. The van der Waals surface area contributed by atoms with Gasteiger partial charge >= 0.3 is 0 Å². The molecule has 0 bridgehead atoms. The van der Waals surface area contributed by atoms with E-state index < -0.39 is 0 Å². The smallest absolute Gasteiger partial charge is 0.0931 e. The Kier molecular flexibility index (Phi) is 3.42. The third-order valence-electron chi connectivity index (χ3n) is 6.19. The van der Waals surface area contributed by atoms with Crippen LogP contribution in [0.5, 0.6) is 0 Å². The van der Waals surface area contributed by atoms with Crippen molar-refractivity contribution < 1.29 is 0 Å². The van der Waals surface area contributed by atoms with Crippen molar-refractivity contribution in [3.8, 4) is 11.3 Å². The summed E-state index contributed by atoms with van der Waals surface area (Å²) < 4.78 is 0. The van der Waals surface area contributed by atoms with E-state index in [4.69, 9.17) is 0 Å². The number of nitrogens with one attached hydrogen (secondary N) is 2. The Morgan fingerprint density at radius 3 is 2.79 bits per heavy atom. The van der Waals surface area contributed by atoms with E-state index in [1.165, 1.54) is 45.3 Å². The average Bonchev–Trinajstić information content (AvgIpc) is 3.39. The van der Waals surface area contributed by atoms with E-state index in [1.54, 1.807) is 6.33 Å². The summed E-state index contributed by atoms with van der Waals surface area (Å²) in [5.41, 5.74) is 10.3. The van der Waals surface area contributed by atoms with Gasteiger partial charge < -0.3 is 9.97 Å². The van der Waals surface area contributed by atoms with Crippen LogP contribution >= 0.6 is 0 Å². The number of para-hydroxylation sites is 1. The topological polar surface area (TPSA) is 44.5 Å². The molecule has 2 N–H and O–H groups in total. The number of aromatic amines is 2. The van der Waals surface area contributed by atoms with Crippen LogP contribution in [0.2, 0.25) is 0 Å². The highest BCUT2D eigenvalue weighted by molar-refractivity contribution is 5.86. The lowest BCUT2D eigenvalue weighted by Gasteiger charge is -2.25. The van der Waals surface area contributed by atoms with Crippen molar-refractivity contribution in [3.05, 3.63) is 89.7 Å². The van der Waals surface area contributed by atoms with Gasteiger partial charge in [-0.1, -0.05) is 36.4 Å². The third kappa shape index (κ3) is 2.55. The van der Waals surface area contributed by atoms with Crippen molar-refractivity contribution in [2.24, 2.45) is 0 Å². The number of nitrogens with zero attached hydrogens (tertiary/aromatic N) is 1. The third-order valence-corrected chi connectivity index (χ3v) is 6.19. The first-order valence-corrected chi connectivity index (χ1v) is 9.96. The number of H-pyrrole nitrogens is 2. The average molecular weight is 363 g/mol. The largest absolute Gasteiger partial charge is 0.355 e. The fourth-order valence-corrected chi connectivity index (χ4v) is 4.64. The Labute approximate surface area is 163 Å². The zero-order chi connectivity index (χ0) is 18.5. The lowest BCUT2D eigenvalue weighted by molar-refractivity contribution is 0.585. The van der Waals surface area contributed by atoms with Gasteiger partial charge in [-0.25, -0.2) is 4.98 Å². The Bertz CT molecular complexity index is 1270. The number of hydrogen-bond donors (Lipinski definition) is 2. The molecule has 2 heterocycles. The quantitative estimate of drug-likeness (QED) is 0.398. The number of fused-ring (bicyclic) bond motifs is 3. The van der Waals surface area contributed by atoms with Crippen molar-refractivity contribution in [1.29, 1.82) is 0 Å². The highest BCUT2D eigenvalue weighted by Gasteiger charge is 2.21. The fourth-order valence-electron chi connectivity index (χ4n) is 4.64. The van der Waals surface area contributed by atoms with Gasteiger partial charge in [0, 0.05) is 16.6 Å². The van der Waals surface area contributed by atoms with E-state index in [0.29, 0.717) is 5.92 Å². The molecule has 1 aliphatic rings. The van der Waals surface area contributed by atoms with Gasteiger partial charge in [-0.15, -0.1) is 0 Å². The maximum atomic E-state index is 4.34. The molecule has 5 aromatic rings. The molecule has 1 unspecified atom stereocenters. The molecule has 0 saturated heterocycles. The number of benzene rings is 3. The van der Waals surface area contributed by atoms with Crippen LogP contribution in [0.4, 0.5) is 0 Å². The first-order chi connectivity index (χ1) is 13.8. The van der Waals surface area contributed by atoms with Gasteiger partial charge in [-0.3, -0.25) is 0 Å². The highest BCUT2D eigenvalue weighted by Crippen LogP contribution is 2.35. The van der Waals surface area contributed by atoms with Gasteiger partial charge in [0.2, 0.25) is 0 Å². The molecular weight excluding hydrogens is 342 g/mol. The first kappa shape index (κ1) is 15.7. The van der Waals surface area contributed by atoms with Crippen molar-refractivity contribution in [3.63, 3.8) is 0 Å². The van der Waals surface area contributed by atoms with E-state index in [0.717, 1.165) is 23.9 Å². The molecule has 0 fully saturated rings. The molecule has 2 aromatic heterocycles. The second-order valence-electron chi connectivity index (χ2n) is 7.87. The Morgan fingerprint density at radius 1 is 0.857 bits per heavy atom. The summed E-state index contributed by atoms with van der Waals surface area (Å²) in [4.78, 5) is 11.1. The number of hydrogen-bond acceptors (Lipinski definition) is 1. The highest BCUT2D eigenvalue weighted by atomic mass is 14.9. The molecule has 0 aliphatic heterocycles. The van der Waals surface area contributed by atoms with Crippen LogP contribution in [0.15, 0.2) is 73.1 Å². The summed E-state index contributed by atoms with van der Waals surface area (Å²) in [7, 11) is 0. The molecule has 3 heteroatoms. The minimum atomic E-state index is 0.583. The second-order valence-corrected chi connectivity index (χ2v) is 7.87. The van der Waals surface area contributed by atoms with Crippen LogP contribution < -0.4 is 0 Å². The van der Waals surface area contributed by atoms with E-state index in [-0.39, 0.29) is 0 Å². The van der Waals surface area contributed by atoms with Crippen LogP contribution in [0, 0.1) is 0 Å². The number of imidazole rings is 1. The molecule has 3 nitrogen and oxygen atoms in total. The zero-order valence-electron chi connectivity index (χ0n) is 15.6. The standard InChI is InChI=1S/C25H21N3/c1-2-4-22-20(3-1)14-24(28-22)21-8-7-16-11-17(5-6-18(16)12-21)19-9-10-23-25(13-19)27-15-26-23/h1-4,7-10,12-15,17,28H,5-6,11H2,(H,26,27). The fraction of sp³-hybridized carbons (Fsp3) is 0.160. The molecule has 0 amide bonds. The van der Waals surface area contributed by atoms with Crippen LogP contribution in [0.25, 0.3) is 33.2 Å². The summed E-state index contributed by atoms with van der Waals surface area (Å²) in [6.45, 7) is 0. The normalized spacial score (nSPS) is 16.5. The Morgan fingerprint density at radius 2 is 1.82 bits per heavy atom. The van der Waals surface area contributed by atoms with Crippen molar-refractivity contribution in [2.45, 2.75) is 25.2 Å². The number of rotatable bonds is 2. The zero-order valence-corrected chi connectivity index (χ0v) is 15.6. The SMILES string of the molecule is c1ccc2[nH]c(-c3ccc4c(c3)CCC(c3ccc5nc[nH]c5c3)C4)cc2c1. The van der Waals surface area contributed by atoms with Crippen molar-refractivity contribution in [2.75, 3.05) is 0 Å².